The number of pyridine rings is 1. The van der Waals surface area contributed by atoms with E-state index in [2.05, 4.69) is 4.98 Å². The van der Waals surface area contributed by atoms with Gasteiger partial charge in [-0.1, -0.05) is 0 Å². The van der Waals surface area contributed by atoms with Crippen LogP contribution in [-0.4, -0.2) is 36.5 Å². The van der Waals surface area contributed by atoms with Crippen LogP contribution in [0.25, 0.3) is 0 Å². The molecule has 1 aromatic rings. The van der Waals surface area contributed by atoms with Gasteiger partial charge in [0, 0.05) is 6.07 Å². The Morgan fingerprint density at radius 1 is 1.32 bits per heavy atom. The topological polar surface area (TPSA) is 104 Å². The minimum atomic E-state index is -0.308. The Kier molecular flexibility index (Phi) is 5.40. The van der Waals surface area contributed by atoms with E-state index in [1.165, 1.54) is 26.4 Å². The highest BCUT2D eigenvalue weighted by atomic mass is 16.8. The molecule has 0 radical (unpaired) electrons. The maximum Gasteiger partial charge on any atom is 0.308 e. The number of ether oxygens (including phenoxy) is 3. The molecule has 22 heavy (non-hydrogen) atoms. The summed E-state index contributed by atoms with van der Waals surface area (Å²) in [5.74, 6) is 0.0430. The number of hydrogen-bond acceptors (Lipinski definition) is 8. The average molecular weight is 311 g/mol. The molecule has 0 aromatic carbocycles. The lowest BCUT2D eigenvalue weighted by Gasteiger charge is -2.28. The van der Waals surface area contributed by atoms with Crippen LogP contribution in [0.4, 0.5) is 5.69 Å². The van der Waals surface area contributed by atoms with Crippen molar-refractivity contribution in [2.45, 2.75) is 31.8 Å². The molecule has 8 nitrogen and oxygen atoms in total. The molecule has 1 N–H and O–H groups in total. The maximum atomic E-state index is 11.5. The monoisotopic (exact) mass is 311 g/mol. The second-order valence-corrected chi connectivity index (χ2v) is 5.07. The first-order valence-corrected chi connectivity index (χ1v) is 7.00. The molecule has 0 spiro atoms. The zero-order chi connectivity index (χ0) is 16.1. The highest BCUT2D eigenvalue weighted by Crippen LogP contribution is 2.31. The molecule has 0 unspecified atom stereocenters. The number of esters is 1. The van der Waals surface area contributed by atoms with E-state index in [9.17, 15) is 10.0 Å². The van der Waals surface area contributed by atoms with Crippen molar-refractivity contribution in [2.24, 2.45) is 5.92 Å². The Bertz CT molecular complexity index is 514. The van der Waals surface area contributed by atoms with Gasteiger partial charge in [0.15, 0.2) is 0 Å². The quantitative estimate of drug-likeness (QED) is 0.649. The molecule has 1 aliphatic rings. The van der Waals surface area contributed by atoms with E-state index in [0.29, 0.717) is 18.7 Å². The van der Waals surface area contributed by atoms with Crippen molar-refractivity contribution >= 4 is 11.7 Å². The van der Waals surface area contributed by atoms with E-state index in [1.807, 2.05) is 0 Å². The number of rotatable bonds is 5. The number of methoxy groups -OCH3 is 2. The summed E-state index contributed by atoms with van der Waals surface area (Å²) in [5, 5.41) is 19.5. The third kappa shape index (κ3) is 3.77. The summed E-state index contributed by atoms with van der Waals surface area (Å²) in [5.41, 5.74) is -0.0933. The van der Waals surface area contributed by atoms with Crippen molar-refractivity contribution in [2.75, 3.05) is 19.4 Å². The molecule has 1 fully saturated rings. The summed E-state index contributed by atoms with van der Waals surface area (Å²) in [7, 11) is 2.74. The van der Waals surface area contributed by atoms with E-state index < -0.39 is 0 Å². The molecular weight excluding hydrogens is 292 g/mol. The summed E-state index contributed by atoms with van der Waals surface area (Å²) in [6, 6.07) is 2.86. The molecule has 0 aliphatic heterocycles. The first-order chi connectivity index (χ1) is 10.5. The molecule has 122 valence electrons. The Balaban J connectivity index is 1.96. The van der Waals surface area contributed by atoms with Crippen LogP contribution >= 0.6 is 0 Å². The molecule has 0 saturated heterocycles. The zero-order valence-corrected chi connectivity index (χ0v) is 12.5. The van der Waals surface area contributed by atoms with Crippen molar-refractivity contribution in [3.05, 3.63) is 17.3 Å². The summed E-state index contributed by atoms with van der Waals surface area (Å²) < 4.78 is 15.4. The van der Waals surface area contributed by atoms with E-state index in [4.69, 9.17) is 19.4 Å². The fraction of sp³-hybridized carbons (Fsp3) is 0.571. The van der Waals surface area contributed by atoms with E-state index in [-0.39, 0.29) is 34.8 Å². The third-order valence-electron chi connectivity index (χ3n) is 3.71. The van der Waals surface area contributed by atoms with Crippen LogP contribution in [0.15, 0.2) is 12.1 Å². The number of aromatic nitrogens is 1. The average Bonchev–Trinajstić information content (AvgIpc) is 2.54. The van der Waals surface area contributed by atoms with Crippen LogP contribution in [0.5, 0.6) is 11.8 Å². The molecule has 8 heteroatoms. The summed E-state index contributed by atoms with van der Waals surface area (Å²) in [6.07, 6.45) is 2.80. The van der Waals surface area contributed by atoms with Gasteiger partial charge in [0.2, 0.25) is 11.8 Å². The Hall–Kier alpha value is -2.06. The molecule has 1 aromatic heterocycles. The third-order valence-corrected chi connectivity index (χ3v) is 3.71. The van der Waals surface area contributed by atoms with Crippen LogP contribution in [-0.2, 0) is 9.53 Å². The molecule has 0 bridgehead atoms. The Morgan fingerprint density at radius 2 is 2.00 bits per heavy atom. The van der Waals surface area contributed by atoms with Crippen LogP contribution < -0.4 is 14.7 Å². The minimum Gasteiger partial charge on any atom is -0.733 e. The Labute approximate surface area is 128 Å². The highest BCUT2D eigenvalue weighted by Gasteiger charge is 2.28. The summed E-state index contributed by atoms with van der Waals surface area (Å²) in [6.45, 7) is 0. The Morgan fingerprint density at radius 3 is 2.55 bits per heavy atom. The molecular formula is C14H19N2O6-. The number of nitrogens with zero attached hydrogens (tertiary/aromatic N) is 2. The lowest BCUT2D eigenvalue weighted by atomic mass is 9.87. The van der Waals surface area contributed by atoms with Gasteiger partial charge in [0.05, 0.1) is 20.1 Å². The van der Waals surface area contributed by atoms with E-state index in [1.54, 1.807) is 0 Å². The first-order valence-electron chi connectivity index (χ1n) is 7.00. The number of carbonyl (C=O) groups is 1. The fourth-order valence-corrected chi connectivity index (χ4v) is 2.53. The summed E-state index contributed by atoms with van der Waals surface area (Å²) >= 11 is 0. The van der Waals surface area contributed by atoms with Gasteiger partial charge in [-0.3, -0.25) is 10.0 Å². The summed E-state index contributed by atoms with van der Waals surface area (Å²) in [4.78, 5) is 15.5. The molecule has 0 atom stereocenters. The number of hydrogen-bond donors (Lipinski definition) is 1. The fourth-order valence-electron chi connectivity index (χ4n) is 2.53. The second kappa shape index (κ2) is 7.28. The molecule has 2 rings (SSSR count). The van der Waals surface area contributed by atoms with Crippen molar-refractivity contribution in [3.8, 4) is 11.8 Å². The molecule has 0 amide bonds. The van der Waals surface area contributed by atoms with Crippen LogP contribution in [0.2, 0.25) is 0 Å². The molecule has 1 saturated carbocycles. The minimum absolute atomic E-state index is 0.0155. The lowest BCUT2D eigenvalue weighted by molar-refractivity contribution is -0.147. The normalized spacial score (nSPS) is 21.1. The van der Waals surface area contributed by atoms with E-state index >= 15 is 0 Å². The molecule has 1 heterocycles. The van der Waals surface area contributed by atoms with Crippen molar-refractivity contribution in [1.29, 1.82) is 0 Å². The van der Waals surface area contributed by atoms with Crippen molar-refractivity contribution in [1.82, 2.24) is 4.98 Å². The molecule has 1 aliphatic carbocycles. The van der Waals surface area contributed by atoms with E-state index in [0.717, 1.165) is 12.8 Å². The van der Waals surface area contributed by atoms with Gasteiger partial charge >= 0.3 is 5.97 Å². The van der Waals surface area contributed by atoms with Gasteiger partial charge in [0.1, 0.15) is 11.8 Å². The smallest absolute Gasteiger partial charge is 0.308 e. The predicted molar refractivity (Wildman–Crippen MR) is 76.8 cm³/mol. The van der Waals surface area contributed by atoms with Crippen molar-refractivity contribution < 1.29 is 24.2 Å². The standard InChI is InChI=1S/C14H19N2O6/c1-20-13-11(16(18)19)7-8-12(15-13)22-10-5-3-9(4-6-10)14(17)21-2/h7-10,18H,3-6H2,1-2H3/q-1. The van der Waals surface area contributed by atoms with Gasteiger partial charge in [-0.15, -0.1) is 0 Å². The van der Waals surface area contributed by atoms with Gasteiger partial charge < -0.3 is 24.6 Å². The maximum absolute atomic E-state index is 11.5. The zero-order valence-electron chi connectivity index (χ0n) is 12.5. The van der Waals surface area contributed by atoms with Crippen LogP contribution in [0.1, 0.15) is 25.7 Å². The predicted octanol–water partition coefficient (Wildman–Crippen LogP) is 1.89. The van der Waals surface area contributed by atoms with Gasteiger partial charge in [-0.05, 0) is 31.7 Å². The SMILES string of the molecule is COC(=O)C1CCC(Oc2ccc(N([O-])O)c(OC)n2)CC1. The van der Waals surface area contributed by atoms with Gasteiger partial charge in [0.25, 0.3) is 0 Å². The lowest BCUT2D eigenvalue weighted by Crippen LogP contribution is -2.28. The van der Waals surface area contributed by atoms with Crippen molar-refractivity contribution in [3.63, 3.8) is 0 Å². The largest absolute Gasteiger partial charge is 0.733 e. The number of anilines is 1. The first kappa shape index (κ1) is 16.3. The van der Waals surface area contributed by atoms with Gasteiger partial charge in [-0.25, -0.2) is 0 Å². The number of carbonyl (C=O) groups excluding carboxylic acids is 1. The highest BCUT2D eigenvalue weighted by molar-refractivity contribution is 5.72. The van der Waals surface area contributed by atoms with Crippen LogP contribution in [0.3, 0.4) is 0 Å². The van der Waals surface area contributed by atoms with Crippen LogP contribution in [0, 0.1) is 11.1 Å². The second-order valence-electron chi connectivity index (χ2n) is 5.07. The van der Waals surface area contributed by atoms with Gasteiger partial charge in [-0.2, -0.15) is 4.98 Å².